The van der Waals surface area contributed by atoms with Crippen molar-refractivity contribution in [1.82, 2.24) is 0 Å². The quantitative estimate of drug-likeness (QED) is 0.851. The first-order chi connectivity index (χ1) is 9.15. The number of halogens is 1. The zero-order valence-electron chi connectivity index (χ0n) is 10.9. The van der Waals surface area contributed by atoms with Gasteiger partial charge >= 0.3 is 0 Å². The summed E-state index contributed by atoms with van der Waals surface area (Å²) in [6.07, 6.45) is 1.79. The number of nitrogens with one attached hydrogen (secondary N) is 1. The highest BCUT2D eigenvalue weighted by Gasteiger charge is 2.06. The average Bonchev–Trinajstić information content (AvgIpc) is 2.41. The number of phenolic OH excluding ortho intramolecular Hbond substituents is 1. The van der Waals surface area contributed by atoms with Crippen LogP contribution in [0.15, 0.2) is 48.5 Å². The smallest absolute Gasteiger partial charge is 0.146 e. The Labute approximate surface area is 112 Å². The van der Waals surface area contributed by atoms with Crippen LogP contribution in [0.1, 0.15) is 18.9 Å². The van der Waals surface area contributed by atoms with E-state index >= 15 is 0 Å². The summed E-state index contributed by atoms with van der Waals surface area (Å²) >= 11 is 0. The van der Waals surface area contributed by atoms with E-state index in [-0.39, 0.29) is 17.6 Å². The molecule has 0 radical (unpaired) electrons. The van der Waals surface area contributed by atoms with E-state index in [1.54, 1.807) is 24.3 Å². The van der Waals surface area contributed by atoms with Gasteiger partial charge in [0.05, 0.1) is 5.69 Å². The number of anilines is 1. The number of aryl methyl sites for hydroxylation is 1. The highest BCUT2D eigenvalue weighted by molar-refractivity contribution is 5.45. The van der Waals surface area contributed by atoms with Crippen molar-refractivity contribution in [2.45, 2.75) is 25.8 Å². The van der Waals surface area contributed by atoms with Crippen molar-refractivity contribution in [1.29, 1.82) is 0 Å². The number of hydrogen-bond donors (Lipinski definition) is 2. The Balaban J connectivity index is 1.86. The zero-order chi connectivity index (χ0) is 13.7. The summed E-state index contributed by atoms with van der Waals surface area (Å²) in [4.78, 5) is 0. The van der Waals surface area contributed by atoms with Crippen LogP contribution in [0.25, 0.3) is 0 Å². The minimum Gasteiger partial charge on any atom is -0.508 e. The first kappa shape index (κ1) is 13.4. The van der Waals surface area contributed by atoms with Crippen molar-refractivity contribution in [3.05, 3.63) is 59.9 Å². The summed E-state index contributed by atoms with van der Waals surface area (Å²) < 4.78 is 13.5. The SMILES string of the molecule is CC(CCc1ccc(O)cc1)Nc1ccccc1F. The van der Waals surface area contributed by atoms with Crippen molar-refractivity contribution in [2.24, 2.45) is 0 Å². The summed E-state index contributed by atoms with van der Waals surface area (Å²) in [6, 6.07) is 14.1. The van der Waals surface area contributed by atoms with Crippen LogP contribution in [0.5, 0.6) is 5.75 Å². The highest BCUT2D eigenvalue weighted by Crippen LogP contribution is 2.16. The van der Waals surface area contributed by atoms with Gasteiger partial charge in [0, 0.05) is 6.04 Å². The topological polar surface area (TPSA) is 32.3 Å². The number of para-hydroxylation sites is 1. The minimum absolute atomic E-state index is 0.186. The van der Waals surface area contributed by atoms with Crippen LogP contribution < -0.4 is 5.32 Å². The lowest BCUT2D eigenvalue weighted by molar-refractivity contribution is 0.475. The van der Waals surface area contributed by atoms with Crippen molar-refractivity contribution >= 4 is 5.69 Å². The predicted molar refractivity (Wildman–Crippen MR) is 75.9 cm³/mol. The predicted octanol–water partition coefficient (Wildman–Crippen LogP) is 3.96. The van der Waals surface area contributed by atoms with Gasteiger partial charge in [0.15, 0.2) is 0 Å². The fourth-order valence-corrected chi connectivity index (χ4v) is 1.96. The molecule has 0 saturated heterocycles. The van der Waals surface area contributed by atoms with Crippen LogP contribution in [-0.2, 0) is 6.42 Å². The molecular formula is C16H18FNO. The number of rotatable bonds is 5. The Kier molecular flexibility index (Phi) is 4.39. The lowest BCUT2D eigenvalue weighted by Gasteiger charge is -2.15. The third-order valence-electron chi connectivity index (χ3n) is 3.08. The molecule has 100 valence electrons. The van der Waals surface area contributed by atoms with E-state index in [2.05, 4.69) is 5.32 Å². The molecule has 0 aliphatic carbocycles. The zero-order valence-corrected chi connectivity index (χ0v) is 10.9. The highest BCUT2D eigenvalue weighted by atomic mass is 19.1. The summed E-state index contributed by atoms with van der Waals surface area (Å²) in [5.41, 5.74) is 1.71. The molecular weight excluding hydrogens is 241 g/mol. The number of hydrogen-bond acceptors (Lipinski definition) is 2. The van der Waals surface area contributed by atoms with Gasteiger partial charge in [-0.25, -0.2) is 4.39 Å². The fourth-order valence-electron chi connectivity index (χ4n) is 1.96. The van der Waals surface area contributed by atoms with E-state index in [9.17, 15) is 9.50 Å². The molecule has 0 bridgehead atoms. The van der Waals surface area contributed by atoms with Crippen LogP contribution >= 0.6 is 0 Å². The van der Waals surface area contributed by atoms with Crippen molar-refractivity contribution in [2.75, 3.05) is 5.32 Å². The molecule has 2 aromatic carbocycles. The second-order valence-electron chi connectivity index (χ2n) is 4.73. The third-order valence-corrected chi connectivity index (χ3v) is 3.08. The number of phenols is 1. The number of benzene rings is 2. The Morgan fingerprint density at radius 3 is 2.47 bits per heavy atom. The number of aromatic hydroxyl groups is 1. The van der Waals surface area contributed by atoms with Gasteiger partial charge in [-0.2, -0.15) is 0 Å². The molecule has 0 aromatic heterocycles. The minimum atomic E-state index is -0.223. The molecule has 0 amide bonds. The summed E-state index contributed by atoms with van der Waals surface area (Å²) in [5, 5.41) is 12.4. The Morgan fingerprint density at radius 2 is 1.79 bits per heavy atom. The molecule has 0 aliphatic heterocycles. The molecule has 0 fully saturated rings. The molecule has 1 atom stereocenters. The fraction of sp³-hybridized carbons (Fsp3) is 0.250. The molecule has 0 heterocycles. The van der Waals surface area contributed by atoms with Gasteiger partial charge in [0.1, 0.15) is 11.6 Å². The summed E-state index contributed by atoms with van der Waals surface area (Å²) in [5.74, 6) is 0.0558. The molecule has 0 aliphatic rings. The maximum Gasteiger partial charge on any atom is 0.146 e. The van der Waals surface area contributed by atoms with Crippen LogP contribution in [0, 0.1) is 5.82 Å². The second kappa shape index (κ2) is 6.23. The molecule has 0 saturated carbocycles. The van der Waals surface area contributed by atoms with E-state index in [1.165, 1.54) is 11.6 Å². The van der Waals surface area contributed by atoms with Gasteiger partial charge in [0.2, 0.25) is 0 Å². The van der Waals surface area contributed by atoms with Gasteiger partial charge in [0.25, 0.3) is 0 Å². The van der Waals surface area contributed by atoms with E-state index < -0.39 is 0 Å². The maximum absolute atomic E-state index is 13.5. The molecule has 2 N–H and O–H groups in total. The molecule has 0 spiro atoms. The molecule has 2 nitrogen and oxygen atoms in total. The van der Waals surface area contributed by atoms with Gasteiger partial charge in [-0.15, -0.1) is 0 Å². The molecule has 19 heavy (non-hydrogen) atoms. The third kappa shape index (κ3) is 3.98. The molecule has 1 unspecified atom stereocenters. The second-order valence-corrected chi connectivity index (χ2v) is 4.73. The van der Waals surface area contributed by atoms with Gasteiger partial charge in [-0.3, -0.25) is 0 Å². The Bertz CT molecular complexity index is 525. The first-order valence-electron chi connectivity index (χ1n) is 6.44. The Hall–Kier alpha value is -2.03. The van der Waals surface area contributed by atoms with Gasteiger partial charge in [-0.1, -0.05) is 24.3 Å². The van der Waals surface area contributed by atoms with Crippen molar-refractivity contribution < 1.29 is 9.50 Å². The van der Waals surface area contributed by atoms with Gasteiger partial charge in [-0.05, 0) is 49.6 Å². The normalized spacial score (nSPS) is 12.1. The van der Waals surface area contributed by atoms with E-state index in [4.69, 9.17) is 0 Å². The standard InChI is InChI=1S/C16H18FNO/c1-12(18-16-5-3-2-4-15(16)17)6-7-13-8-10-14(19)11-9-13/h2-5,8-12,18-19H,6-7H2,1H3. The van der Waals surface area contributed by atoms with Crippen molar-refractivity contribution in [3.8, 4) is 5.75 Å². The molecule has 2 aromatic rings. The first-order valence-corrected chi connectivity index (χ1v) is 6.44. The van der Waals surface area contributed by atoms with E-state index in [1.807, 2.05) is 25.1 Å². The lowest BCUT2D eigenvalue weighted by Crippen LogP contribution is -2.16. The lowest BCUT2D eigenvalue weighted by atomic mass is 10.1. The largest absolute Gasteiger partial charge is 0.508 e. The average molecular weight is 259 g/mol. The van der Waals surface area contributed by atoms with E-state index in [0.29, 0.717) is 5.69 Å². The summed E-state index contributed by atoms with van der Waals surface area (Å²) in [7, 11) is 0. The molecule has 2 rings (SSSR count). The van der Waals surface area contributed by atoms with Crippen LogP contribution in [0.3, 0.4) is 0 Å². The maximum atomic E-state index is 13.5. The van der Waals surface area contributed by atoms with E-state index in [0.717, 1.165) is 12.8 Å². The summed E-state index contributed by atoms with van der Waals surface area (Å²) in [6.45, 7) is 2.03. The Morgan fingerprint density at radius 1 is 1.11 bits per heavy atom. The van der Waals surface area contributed by atoms with Crippen LogP contribution in [0.2, 0.25) is 0 Å². The van der Waals surface area contributed by atoms with Gasteiger partial charge < -0.3 is 10.4 Å². The molecule has 3 heteroatoms. The van der Waals surface area contributed by atoms with Crippen LogP contribution in [0.4, 0.5) is 10.1 Å². The monoisotopic (exact) mass is 259 g/mol. The van der Waals surface area contributed by atoms with Crippen molar-refractivity contribution in [3.63, 3.8) is 0 Å². The van der Waals surface area contributed by atoms with Crippen LogP contribution in [-0.4, -0.2) is 11.1 Å².